The first kappa shape index (κ1) is 24.6. The van der Waals surface area contributed by atoms with E-state index in [1.807, 2.05) is 0 Å². The molecule has 0 aromatic carbocycles. The Labute approximate surface area is 150 Å². The van der Waals surface area contributed by atoms with Crippen LogP contribution in [0.2, 0.25) is 0 Å². The van der Waals surface area contributed by atoms with Gasteiger partial charge in [-0.3, -0.25) is 0 Å². The number of aliphatic hydroxyl groups excluding tert-OH is 2. The number of hydrogen-bond donors (Lipinski definition) is 2. The summed E-state index contributed by atoms with van der Waals surface area (Å²) in [6.07, 6.45) is 0.793. The number of aliphatic hydroxyl groups is 2. The van der Waals surface area contributed by atoms with Gasteiger partial charge in [0.25, 0.3) is 0 Å². The van der Waals surface area contributed by atoms with Crippen LogP contribution in [0.3, 0.4) is 0 Å². The maximum Gasteiger partial charge on any atom is 0.146 e. The molecule has 0 bridgehead atoms. The Morgan fingerprint density at radius 3 is 1.16 bits per heavy atom. The molecule has 0 radical (unpaired) electrons. The van der Waals surface area contributed by atoms with Crippen LogP contribution < -0.4 is 0 Å². The largest absolute Gasteiger partial charge is 0.394 e. The highest BCUT2D eigenvalue weighted by Crippen LogP contribution is 1.88. The van der Waals surface area contributed by atoms with Crippen LogP contribution in [0, 0.1) is 0 Å². The van der Waals surface area contributed by atoms with Gasteiger partial charge in [-0.25, -0.2) is 0 Å². The van der Waals surface area contributed by atoms with E-state index in [-0.39, 0.29) is 20.0 Å². The van der Waals surface area contributed by atoms with E-state index in [1.165, 1.54) is 0 Å². The van der Waals surface area contributed by atoms with Gasteiger partial charge in [0.15, 0.2) is 0 Å². The number of hydrogen-bond acceptors (Lipinski definition) is 9. The third-order valence-electron chi connectivity index (χ3n) is 2.70. The monoisotopic (exact) mass is 370 g/mol. The molecule has 0 aliphatic heterocycles. The van der Waals surface area contributed by atoms with Gasteiger partial charge in [-0.15, -0.1) is 0 Å². The van der Waals surface area contributed by atoms with E-state index in [1.54, 1.807) is 0 Å². The quantitative estimate of drug-likeness (QED) is 0.191. The fourth-order valence-corrected chi connectivity index (χ4v) is 1.55. The van der Waals surface area contributed by atoms with Crippen molar-refractivity contribution in [2.75, 3.05) is 99.3 Å². The molecule has 0 spiro atoms. The lowest BCUT2D eigenvalue weighted by Crippen LogP contribution is -2.13. The normalized spacial score (nSPS) is 11.3. The van der Waals surface area contributed by atoms with Crippen molar-refractivity contribution in [2.24, 2.45) is 0 Å². The molecule has 0 aromatic heterocycles. The minimum absolute atomic E-state index is 0.0286. The second-order valence-corrected chi connectivity index (χ2v) is 4.80. The molecule has 0 aromatic rings. The van der Waals surface area contributed by atoms with E-state index in [0.29, 0.717) is 79.3 Å². The van der Waals surface area contributed by atoms with E-state index in [9.17, 15) is 0 Å². The zero-order valence-corrected chi connectivity index (χ0v) is 15.1. The molecule has 0 aliphatic rings. The second kappa shape index (κ2) is 23.6. The first-order valence-corrected chi connectivity index (χ1v) is 8.67. The standard InChI is InChI=1S/C16H34O9/c17-2-6-20-9-12-22-11-8-19-4-1-5-24-16-25-15-14-23-13-10-21-7-3-18/h17-18H,1-16H2. The third-order valence-corrected chi connectivity index (χ3v) is 2.70. The predicted molar refractivity (Wildman–Crippen MR) is 89.7 cm³/mol. The molecule has 0 saturated carbocycles. The molecule has 0 unspecified atom stereocenters. The zero-order valence-electron chi connectivity index (χ0n) is 15.1. The smallest absolute Gasteiger partial charge is 0.146 e. The number of ether oxygens (including phenoxy) is 7. The fourth-order valence-electron chi connectivity index (χ4n) is 1.55. The van der Waals surface area contributed by atoms with Gasteiger partial charge < -0.3 is 43.4 Å². The van der Waals surface area contributed by atoms with Crippen LogP contribution in [-0.2, 0) is 33.2 Å². The van der Waals surface area contributed by atoms with Gasteiger partial charge in [-0.05, 0) is 6.42 Å². The minimum atomic E-state index is 0.0286. The Bertz CT molecular complexity index is 210. The van der Waals surface area contributed by atoms with E-state index in [4.69, 9.17) is 43.4 Å². The molecule has 0 amide bonds. The SMILES string of the molecule is OCCOCCOCCOCCCOCOCCOCCOCCO. The minimum Gasteiger partial charge on any atom is -0.394 e. The molecule has 0 saturated heterocycles. The van der Waals surface area contributed by atoms with E-state index in [2.05, 4.69) is 0 Å². The van der Waals surface area contributed by atoms with Crippen molar-refractivity contribution in [3.8, 4) is 0 Å². The second-order valence-electron chi connectivity index (χ2n) is 4.80. The molecular formula is C16H34O9. The highest BCUT2D eigenvalue weighted by atomic mass is 16.7. The average molecular weight is 370 g/mol. The Hall–Kier alpha value is -0.360. The molecule has 25 heavy (non-hydrogen) atoms. The van der Waals surface area contributed by atoms with Gasteiger partial charge in [-0.1, -0.05) is 0 Å². The van der Waals surface area contributed by atoms with Crippen molar-refractivity contribution in [3.63, 3.8) is 0 Å². The molecule has 0 heterocycles. The van der Waals surface area contributed by atoms with Gasteiger partial charge in [-0.2, -0.15) is 0 Å². The topological polar surface area (TPSA) is 105 Å². The molecular weight excluding hydrogens is 336 g/mol. The summed E-state index contributed by atoms with van der Waals surface area (Å²) in [6.45, 7) is 6.13. The maximum atomic E-state index is 8.51. The van der Waals surface area contributed by atoms with Crippen molar-refractivity contribution < 1.29 is 43.4 Å². The summed E-state index contributed by atoms with van der Waals surface area (Å²) < 4.78 is 36.6. The van der Waals surface area contributed by atoms with Gasteiger partial charge in [0.2, 0.25) is 0 Å². The van der Waals surface area contributed by atoms with Crippen molar-refractivity contribution in [3.05, 3.63) is 0 Å². The van der Waals surface area contributed by atoms with Crippen LogP contribution in [0.25, 0.3) is 0 Å². The summed E-state index contributed by atoms with van der Waals surface area (Å²) >= 11 is 0. The van der Waals surface area contributed by atoms with Crippen molar-refractivity contribution >= 4 is 0 Å². The van der Waals surface area contributed by atoms with Gasteiger partial charge in [0.05, 0.1) is 85.9 Å². The lowest BCUT2D eigenvalue weighted by molar-refractivity contribution is -0.0765. The molecule has 9 nitrogen and oxygen atoms in total. The lowest BCUT2D eigenvalue weighted by Gasteiger charge is -2.08. The molecule has 0 aliphatic carbocycles. The van der Waals surface area contributed by atoms with Crippen LogP contribution in [0.4, 0.5) is 0 Å². The van der Waals surface area contributed by atoms with E-state index < -0.39 is 0 Å². The van der Waals surface area contributed by atoms with Crippen LogP contribution in [0.1, 0.15) is 6.42 Å². The summed E-state index contributed by atoms with van der Waals surface area (Å²) in [5.74, 6) is 0. The Morgan fingerprint density at radius 2 is 0.680 bits per heavy atom. The highest BCUT2D eigenvalue weighted by molar-refractivity contribution is 4.37. The zero-order chi connectivity index (χ0) is 18.3. The predicted octanol–water partition coefficient (Wildman–Crippen LogP) is -0.565. The van der Waals surface area contributed by atoms with Crippen LogP contribution >= 0.6 is 0 Å². The molecule has 152 valence electrons. The highest BCUT2D eigenvalue weighted by Gasteiger charge is 1.94. The van der Waals surface area contributed by atoms with Gasteiger partial charge in [0.1, 0.15) is 6.79 Å². The van der Waals surface area contributed by atoms with Crippen molar-refractivity contribution in [1.82, 2.24) is 0 Å². The van der Waals surface area contributed by atoms with Crippen LogP contribution in [-0.4, -0.2) is 110 Å². The van der Waals surface area contributed by atoms with Gasteiger partial charge in [0, 0.05) is 6.61 Å². The molecule has 9 heteroatoms. The first-order valence-electron chi connectivity index (χ1n) is 8.67. The number of rotatable bonds is 22. The fraction of sp³-hybridized carbons (Fsp3) is 1.00. The summed E-state index contributed by atoms with van der Waals surface area (Å²) in [4.78, 5) is 0. The van der Waals surface area contributed by atoms with E-state index in [0.717, 1.165) is 6.42 Å². The maximum absolute atomic E-state index is 8.51. The Balaban J connectivity index is 2.94. The molecule has 2 N–H and O–H groups in total. The third kappa shape index (κ3) is 23.6. The molecule has 0 rings (SSSR count). The van der Waals surface area contributed by atoms with Gasteiger partial charge >= 0.3 is 0 Å². The Kier molecular flexibility index (Phi) is 23.3. The van der Waals surface area contributed by atoms with Crippen LogP contribution in [0.5, 0.6) is 0 Å². The van der Waals surface area contributed by atoms with Crippen molar-refractivity contribution in [2.45, 2.75) is 6.42 Å². The van der Waals surface area contributed by atoms with E-state index >= 15 is 0 Å². The Morgan fingerprint density at radius 1 is 0.360 bits per heavy atom. The molecule has 0 fully saturated rings. The first-order chi connectivity index (χ1) is 12.4. The summed E-state index contributed by atoms with van der Waals surface area (Å²) in [7, 11) is 0. The average Bonchev–Trinajstić information content (AvgIpc) is 2.63. The lowest BCUT2D eigenvalue weighted by atomic mass is 10.5. The summed E-state index contributed by atoms with van der Waals surface area (Å²) in [5, 5.41) is 17.0. The summed E-state index contributed by atoms with van der Waals surface area (Å²) in [5.41, 5.74) is 0. The molecule has 0 atom stereocenters. The summed E-state index contributed by atoms with van der Waals surface area (Å²) in [6, 6.07) is 0. The van der Waals surface area contributed by atoms with Crippen LogP contribution in [0.15, 0.2) is 0 Å². The van der Waals surface area contributed by atoms with Crippen molar-refractivity contribution in [1.29, 1.82) is 0 Å².